The van der Waals surface area contributed by atoms with Gasteiger partial charge in [0.2, 0.25) is 0 Å². The van der Waals surface area contributed by atoms with E-state index in [1.165, 1.54) is 11.0 Å². The van der Waals surface area contributed by atoms with E-state index in [1.54, 1.807) is 35.6 Å². The molecule has 0 spiro atoms. The summed E-state index contributed by atoms with van der Waals surface area (Å²) in [6.45, 7) is 3.84. The van der Waals surface area contributed by atoms with Gasteiger partial charge in [-0.25, -0.2) is 9.69 Å². The molecule has 6 rings (SSSR count). The Kier molecular flexibility index (Phi) is 7.42. The van der Waals surface area contributed by atoms with E-state index in [2.05, 4.69) is 26.6 Å². The number of anilines is 2. The number of urea groups is 1. The summed E-state index contributed by atoms with van der Waals surface area (Å²) in [5, 5.41) is 6.17. The molecule has 42 heavy (non-hydrogen) atoms. The summed E-state index contributed by atoms with van der Waals surface area (Å²) >= 11 is 4.99. The van der Waals surface area contributed by atoms with Gasteiger partial charge in [0.05, 0.1) is 11.3 Å². The smallest absolute Gasteiger partial charge is 0.322 e. The van der Waals surface area contributed by atoms with Gasteiger partial charge in [-0.3, -0.25) is 19.7 Å². The van der Waals surface area contributed by atoms with Gasteiger partial charge in [0, 0.05) is 26.4 Å². The number of halogens is 1. The van der Waals surface area contributed by atoms with Crippen molar-refractivity contribution in [2.75, 3.05) is 10.2 Å². The second-order valence-corrected chi connectivity index (χ2v) is 12.3. The number of hydrogen-bond donors (Lipinski definition) is 2. The van der Waals surface area contributed by atoms with Crippen LogP contribution >= 0.6 is 27.3 Å². The molecule has 4 aromatic rings. The van der Waals surface area contributed by atoms with Crippen LogP contribution in [0.3, 0.4) is 0 Å². The number of fused-ring (bicyclic) bond motifs is 1. The van der Waals surface area contributed by atoms with Gasteiger partial charge in [0.1, 0.15) is 10.6 Å². The number of hydrogen-bond acceptors (Lipinski definition) is 5. The number of imide groups is 2. The first-order valence-corrected chi connectivity index (χ1v) is 15.2. The van der Waals surface area contributed by atoms with Crippen LogP contribution in [0.1, 0.15) is 50.6 Å². The SMILES string of the molecule is Cc1cc(/C=C2\C(=O)NC(=O)N(c3cccc(Br)c3)C2=O)c(C)n1-c1sc2c(c1C(=O)Nc1ccccc1)CCCC2. The minimum absolute atomic E-state index is 0.151. The summed E-state index contributed by atoms with van der Waals surface area (Å²) in [6.07, 6.45) is 5.40. The van der Waals surface area contributed by atoms with Gasteiger partial charge >= 0.3 is 6.03 Å². The van der Waals surface area contributed by atoms with Crippen molar-refractivity contribution >= 4 is 68.5 Å². The molecule has 0 atom stereocenters. The van der Waals surface area contributed by atoms with Crippen LogP contribution < -0.4 is 15.5 Å². The fourth-order valence-electron chi connectivity index (χ4n) is 5.57. The second kappa shape index (κ2) is 11.2. The molecular weight excluding hydrogens is 616 g/mol. The molecule has 0 bridgehead atoms. The lowest BCUT2D eigenvalue weighted by Crippen LogP contribution is -2.54. The van der Waals surface area contributed by atoms with Crippen molar-refractivity contribution in [3.63, 3.8) is 0 Å². The predicted octanol–water partition coefficient (Wildman–Crippen LogP) is 6.72. The van der Waals surface area contributed by atoms with Gasteiger partial charge in [-0.15, -0.1) is 11.3 Å². The largest absolute Gasteiger partial charge is 0.335 e. The molecule has 0 radical (unpaired) electrons. The number of aryl methyl sites for hydroxylation is 2. The van der Waals surface area contributed by atoms with Crippen LogP contribution in [0.4, 0.5) is 16.2 Å². The molecule has 2 aromatic carbocycles. The Hall–Kier alpha value is -4.28. The first-order chi connectivity index (χ1) is 20.2. The topological polar surface area (TPSA) is 101 Å². The Labute approximate surface area is 255 Å². The lowest BCUT2D eigenvalue weighted by atomic mass is 9.95. The number of barbiturate groups is 1. The van der Waals surface area contributed by atoms with Gasteiger partial charge in [-0.1, -0.05) is 40.2 Å². The van der Waals surface area contributed by atoms with Crippen LogP contribution in [-0.2, 0) is 22.4 Å². The molecule has 2 aromatic heterocycles. The van der Waals surface area contributed by atoms with Crippen LogP contribution in [-0.4, -0.2) is 28.3 Å². The zero-order valence-corrected chi connectivity index (χ0v) is 25.4. The summed E-state index contributed by atoms with van der Waals surface area (Å²) < 4.78 is 2.72. The summed E-state index contributed by atoms with van der Waals surface area (Å²) in [5.74, 6) is -1.62. The van der Waals surface area contributed by atoms with E-state index in [4.69, 9.17) is 0 Å². The average molecular weight is 644 g/mol. The van der Waals surface area contributed by atoms with Gasteiger partial charge in [0.25, 0.3) is 17.7 Å². The normalized spacial score (nSPS) is 16.0. The van der Waals surface area contributed by atoms with Crippen molar-refractivity contribution < 1.29 is 19.2 Å². The van der Waals surface area contributed by atoms with E-state index in [0.29, 0.717) is 21.3 Å². The fraction of sp³-hybridized carbons (Fsp3) is 0.188. The predicted molar refractivity (Wildman–Crippen MR) is 167 cm³/mol. The molecule has 1 fully saturated rings. The highest BCUT2D eigenvalue weighted by Gasteiger charge is 2.37. The number of rotatable bonds is 5. The highest BCUT2D eigenvalue weighted by molar-refractivity contribution is 9.10. The second-order valence-electron chi connectivity index (χ2n) is 10.3. The van der Waals surface area contributed by atoms with Gasteiger partial charge < -0.3 is 9.88 Å². The molecule has 1 saturated heterocycles. The van der Waals surface area contributed by atoms with E-state index in [0.717, 1.165) is 58.2 Å². The Morgan fingerprint density at radius 3 is 2.52 bits per heavy atom. The molecule has 0 saturated carbocycles. The van der Waals surface area contributed by atoms with Gasteiger partial charge in [0.15, 0.2) is 0 Å². The Bertz CT molecular complexity index is 1800. The molecule has 3 heterocycles. The van der Waals surface area contributed by atoms with Crippen molar-refractivity contribution in [3.8, 4) is 5.00 Å². The summed E-state index contributed by atoms with van der Waals surface area (Å²) in [4.78, 5) is 54.9. The fourth-order valence-corrected chi connectivity index (χ4v) is 7.45. The third kappa shape index (κ3) is 5.01. The Morgan fingerprint density at radius 2 is 1.76 bits per heavy atom. The summed E-state index contributed by atoms with van der Waals surface area (Å²) in [7, 11) is 0. The first kappa shape index (κ1) is 27.9. The van der Waals surface area contributed by atoms with Crippen LogP contribution in [0.25, 0.3) is 11.1 Å². The van der Waals surface area contributed by atoms with Crippen molar-refractivity contribution in [2.24, 2.45) is 0 Å². The van der Waals surface area contributed by atoms with Crippen LogP contribution in [0, 0.1) is 13.8 Å². The molecule has 1 aliphatic carbocycles. The number of para-hydroxylation sites is 1. The molecule has 212 valence electrons. The third-order valence-corrected chi connectivity index (χ3v) is 9.32. The minimum Gasteiger partial charge on any atom is -0.322 e. The summed E-state index contributed by atoms with van der Waals surface area (Å²) in [5.41, 5.74) is 4.95. The molecular formula is C32H27BrN4O4S. The number of thiophene rings is 1. The van der Waals surface area contributed by atoms with E-state index in [9.17, 15) is 19.2 Å². The van der Waals surface area contributed by atoms with E-state index in [-0.39, 0.29) is 11.5 Å². The molecule has 1 aliphatic heterocycles. The van der Waals surface area contributed by atoms with Gasteiger partial charge in [-0.2, -0.15) is 0 Å². The molecule has 8 nitrogen and oxygen atoms in total. The molecule has 10 heteroatoms. The maximum Gasteiger partial charge on any atom is 0.335 e. The van der Waals surface area contributed by atoms with Crippen molar-refractivity contribution in [3.05, 3.63) is 104 Å². The summed E-state index contributed by atoms with van der Waals surface area (Å²) in [6, 6.07) is 17.2. The number of aromatic nitrogens is 1. The molecule has 5 amide bonds. The number of nitrogens with one attached hydrogen (secondary N) is 2. The quantitative estimate of drug-likeness (QED) is 0.186. The third-order valence-electron chi connectivity index (χ3n) is 7.55. The first-order valence-electron chi connectivity index (χ1n) is 13.6. The van der Waals surface area contributed by atoms with Crippen LogP contribution in [0.2, 0.25) is 0 Å². The zero-order chi connectivity index (χ0) is 29.5. The lowest BCUT2D eigenvalue weighted by Gasteiger charge is -2.26. The molecule has 2 N–H and O–H groups in total. The monoisotopic (exact) mass is 642 g/mol. The van der Waals surface area contributed by atoms with Gasteiger partial charge in [-0.05, 0) is 93.1 Å². The van der Waals surface area contributed by atoms with E-state index >= 15 is 0 Å². The van der Waals surface area contributed by atoms with Crippen molar-refractivity contribution in [1.82, 2.24) is 9.88 Å². The number of benzene rings is 2. The van der Waals surface area contributed by atoms with Crippen molar-refractivity contribution in [2.45, 2.75) is 39.5 Å². The Balaban J connectivity index is 1.42. The van der Waals surface area contributed by atoms with Crippen LogP contribution in [0.5, 0.6) is 0 Å². The number of nitrogens with zero attached hydrogens (tertiary/aromatic N) is 2. The Morgan fingerprint density at radius 1 is 1.00 bits per heavy atom. The standard InChI is InChI=1S/C32H27BrN4O4S/c1-18-15-20(16-25-28(38)35-32(41)37(30(25)40)23-12-8-9-21(33)17-23)19(2)36(18)31-27(24-13-6-7-14-26(24)42-31)29(39)34-22-10-4-3-5-11-22/h3-5,8-12,15-17H,6-7,13-14H2,1-2H3,(H,34,39)(H,35,38,41)/b25-16+. The number of carbonyl (C=O) groups excluding carboxylic acids is 4. The minimum atomic E-state index is -0.802. The maximum atomic E-state index is 13.7. The number of amides is 5. The van der Waals surface area contributed by atoms with E-state index in [1.807, 2.05) is 54.8 Å². The average Bonchev–Trinajstić information content (AvgIpc) is 3.47. The van der Waals surface area contributed by atoms with Crippen LogP contribution in [0.15, 0.2) is 70.7 Å². The lowest BCUT2D eigenvalue weighted by molar-refractivity contribution is -0.122. The highest BCUT2D eigenvalue weighted by atomic mass is 79.9. The van der Waals surface area contributed by atoms with Crippen molar-refractivity contribution in [1.29, 1.82) is 0 Å². The molecule has 0 unspecified atom stereocenters. The van der Waals surface area contributed by atoms with E-state index < -0.39 is 17.8 Å². The molecule has 2 aliphatic rings. The zero-order valence-electron chi connectivity index (χ0n) is 23.0. The number of carbonyl (C=O) groups is 4. The maximum absolute atomic E-state index is 13.7. The highest BCUT2D eigenvalue weighted by Crippen LogP contribution is 2.39.